The largest absolute Gasteiger partial charge is 0.395 e. The molecule has 0 aromatic heterocycles. The number of aliphatic hydroxyl groups is 1. The summed E-state index contributed by atoms with van der Waals surface area (Å²) in [7, 11) is 1.99. The quantitative estimate of drug-likeness (QED) is 0.648. The van der Waals surface area contributed by atoms with Crippen molar-refractivity contribution in [3.63, 3.8) is 0 Å². The van der Waals surface area contributed by atoms with Gasteiger partial charge in [0.05, 0.1) is 6.61 Å². The van der Waals surface area contributed by atoms with E-state index < -0.39 is 0 Å². The van der Waals surface area contributed by atoms with Crippen LogP contribution in [0.2, 0.25) is 0 Å². The Bertz CT molecular complexity index is 184. The molecule has 0 radical (unpaired) electrons. The van der Waals surface area contributed by atoms with Gasteiger partial charge in [0.2, 0.25) is 5.91 Å². The molecular weight excluding hydrogens is 168 g/mol. The van der Waals surface area contributed by atoms with Crippen molar-refractivity contribution in [2.75, 3.05) is 33.3 Å². The molecule has 0 saturated carbocycles. The Morgan fingerprint density at radius 2 is 2.38 bits per heavy atom. The van der Waals surface area contributed by atoms with Gasteiger partial charge in [0, 0.05) is 32.6 Å². The van der Waals surface area contributed by atoms with Crippen molar-refractivity contribution in [1.82, 2.24) is 9.80 Å². The second-order valence-electron chi connectivity index (χ2n) is 3.61. The molecule has 1 N–H and O–H groups in total. The molecular formula is C9H18N2O2. The number of rotatable bonds is 3. The fraction of sp³-hybridized carbons (Fsp3) is 0.889. The van der Waals surface area contributed by atoms with Crippen LogP contribution in [0, 0.1) is 0 Å². The molecule has 1 heterocycles. The molecule has 0 spiro atoms. The van der Waals surface area contributed by atoms with E-state index in [9.17, 15) is 4.79 Å². The Labute approximate surface area is 79.1 Å². The summed E-state index contributed by atoms with van der Waals surface area (Å²) < 4.78 is 0. The molecule has 1 amide bonds. The smallest absolute Gasteiger partial charge is 0.219 e. The standard InChI is InChI=1S/C9H18N2O2/c1-8(13)11-4-3-9(7-11)10(2)5-6-12/h9,12H,3-7H2,1-2H3/t9-/m1/s1. The van der Waals surface area contributed by atoms with Crippen molar-refractivity contribution < 1.29 is 9.90 Å². The first-order chi connectivity index (χ1) is 6.15. The molecule has 1 rings (SSSR count). The summed E-state index contributed by atoms with van der Waals surface area (Å²) >= 11 is 0. The van der Waals surface area contributed by atoms with Crippen LogP contribution in [0.3, 0.4) is 0 Å². The van der Waals surface area contributed by atoms with Gasteiger partial charge in [0.1, 0.15) is 0 Å². The minimum atomic E-state index is 0.153. The van der Waals surface area contributed by atoms with Crippen LogP contribution in [0.1, 0.15) is 13.3 Å². The Morgan fingerprint density at radius 1 is 1.69 bits per heavy atom. The zero-order chi connectivity index (χ0) is 9.84. The van der Waals surface area contributed by atoms with Gasteiger partial charge in [-0.2, -0.15) is 0 Å². The second kappa shape index (κ2) is 4.58. The van der Waals surface area contributed by atoms with E-state index in [1.165, 1.54) is 0 Å². The normalized spacial score (nSPS) is 22.8. The third-order valence-electron chi connectivity index (χ3n) is 2.68. The van der Waals surface area contributed by atoms with Gasteiger partial charge in [-0.1, -0.05) is 0 Å². The highest BCUT2D eigenvalue weighted by Crippen LogP contribution is 2.13. The number of likely N-dealkylation sites (tertiary alicyclic amines) is 1. The number of carbonyl (C=O) groups is 1. The highest BCUT2D eigenvalue weighted by atomic mass is 16.3. The molecule has 0 unspecified atom stereocenters. The Morgan fingerprint density at radius 3 is 2.85 bits per heavy atom. The summed E-state index contributed by atoms with van der Waals surface area (Å²) in [6.45, 7) is 4.15. The highest BCUT2D eigenvalue weighted by molar-refractivity contribution is 5.73. The van der Waals surface area contributed by atoms with E-state index in [0.717, 1.165) is 19.5 Å². The zero-order valence-electron chi connectivity index (χ0n) is 8.36. The second-order valence-corrected chi connectivity index (χ2v) is 3.61. The number of carbonyl (C=O) groups excluding carboxylic acids is 1. The number of likely N-dealkylation sites (N-methyl/N-ethyl adjacent to an activating group) is 1. The van der Waals surface area contributed by atoms with Crippen molar-refractivity contribution in [3.05, 3.63) is 0 Å². The summed E-state index contributed by atoms with van der Waals surface area (Å²) in [5.74, 6) is 0.153. The molecule has 1 aliphatic rings. The third kappa shape index (κ3) is 2.67. The Balaban J connectivity index is 2.35. The lowest BCUT2D eigenvalue weighted by molar-refractivity contribution is -0.127. The number of hydrogen-bond acceptors (Lipinski definition) is 3. The number of amides is 1. The van der Waals surface area contributed by atoms with E-state index in [1.54, 1.807) is 6.92 Å². The van der Waals surface area contributed by atoms with Crippen LogP contribution >= 0.6 is 0 Å². The molecule has 76 valence electrons. The third-order valence-corrected chi connectivity index (χ3v) is 2.68. The topological polar surface area (TPSA) is 43.8 Å². The summed E-state index contributed by atoms with van der Waals surface area (Å²) in [4.78, 5) is 15.0. The maximum Gasteiger partial charge on any atom is 0.219 e. The molecule has 1 fully saturated rings. The minimum absolute atomic E-state index is 0.153. The molecule has 4 nitrogen and oxygen atoms in total. The van der Waals surface area contributed by atoms with Crippen LogP contribution in [-0.4, -0.2) is 60.1 Å². The molecule has 1 atom stereocenters. The van der Waals surface area contributed by atoms with Gasteiger partial charge >= 0.3 is 0 Å². The summed E-state index contributed by atoms with van der Waals surface area (Å²) in [5.41, 5.74) is 0. The summed E-state index contributed by atoms with van der Waals surface area (Å²) in [6.07, 6.45) is 1.02. The summed E-state index contributed by atoms with van der Waals surface area (Å²) in [5, 5.41) is 8.75. The van der Waals surface area contributed by atoms with Gasteiger partial charge in [-0.3, -0.25) is 9.69 Å². The molecule has 1 saturated heterocycles. The Kier molecular flexibility index (Phi) is 3.69. The number of nitrogens with zero attached hydrogens (tertiary/aromatic N) is 2. The van der Waals surface area contributed by atoms with Crippen LogP contribution in [0.15, 0.2) is 0 Å². The molecule has 13 heavy (non-hydrogen) atoms. The van der Waals surface area contributed by atoms with Crippen molar-refractivity contribution >= 4 is 5.91 Å². The first kappa shape index (κ1) is 10.5. The van der Waals surface area contributed by atoms with E-state index in [0.29, 0.717) is 12.6 Å². The van der Waals surface area contributed by atoms with Crippen molar-refractivity contribution in [3.8, 4) is 0 Å². The maximum absolute atomic E-state index is 11.0. The monoisotopic (exact) mass is 186 g/mol. The maximum atomic E-state index is 11.0. The summed E-state index contributed by atoms with van der Waals surface area (Å²) in [6, 6.07) is 0.427. The lowest BCUT2D eigenvalue weighted by Gasteiger charge is -2.23. The first-order valence-electron chi connectivity index (χ1n) is 4.71. The predicted octanol–water partition coefficient (Wildman–Crippen LogP) is -0.469. The Hall–Kier alpha value is -0.610. The zero-order valence-corrected chi connectivity index (χ0v) is 8.36. The van der Waals surface area contributed by atoms with Crippen LogP contribution in [0.5, 0.6) is 0 Å². The SMILES string of the molecule is CC(=O)N1CC[C@@H](N(C)CCO)C1. The van der Waals surface area contributed by atoms with Gasteiger partial charge in [0.25, 0.3) is 0 Å². The van der Waals surface area contributed by atoms with Crippen LogP contribution in [-0.2, 0) is 4.79 Å². The van der Waals surface area contributed by atoms with E-state index in [2.05, 4.69) is 4.90 Å². The average molecular weight is 186 g/mol. The average Bonchev–Trinajstić information content (AvgIpc) is 2.52. The molecule has 4 heteroatoms. The van der Waals surface area contributed by atoms with Gasteiger partial charge in [-0.15, -0.1) is 0 Å². The fourth-order valence-electron chi connectivity index (χ4n) is 1.73. The van der Waals surface area contributed by atoms with E-state index in [1.807, 2.05) is 11.9 Å². The van der Waals surface area contributed by atoms with E-state index in [4.69, 9.17) is 5.11 Å². The minimum Gasteiger partial charge on any atom is -0.395 e. The number of aliphatic hydroxyl groups excluding tert-OH is 1. The van der Waals surface area contributed by atoms with Gasteiger partial charge in [-0.25, -0.2) is 0 Å². The van der Waals surface area contributed by atoms with Crippen molar-refractivity contribution in [2.24, 2.45) is 0 Å². The van der Waals surface area contributed by atoms with Gasteiger partial charge in [-0.05, 0) is 13.5 Å². The lowest BCUT2D eigenvalue weighted by atomic mass is 10.2. The highest BCUT2D eigenvalue weighted by Gasteiger charge is 2.26. The molecule has 0 aromatic carbocycles. The van der Waals surface area contributed by atoms with Crippen LogP contribution in [0.4, 0.5) is 0 Å². The molecule has 0 bridgehead atoms. The molecule has 1 aliphatic heterocycles. The number of hydrogen-bond donors (Lipinski definition) is 1. The van der Waals surface area contributed by atoms with E-state index >= 15 is 0 Å². The van der Waals surface area contributed by atoms with Gasteiger partial charge in [0.15, 0.2) is 0 Å². The van der Waals surface area contributed by atoms with Crippen molar-refractivity contribution in [2.45, 2.75) is 19.4 Å². The van der Waals surface area contributed by atoms with E-state index in [-0.39, 0.29) is 12.5 Å². The predicted molar refractivity (Wildman–Crippen MR) is 50.4 cm³/mol. The van der Waals surface area contributed by atoms with Crippen LogP contribution in [0.25, 0.3) is 0 Å². The lowest BCUT2D eigenvalue weighted by Crippen LogP contribution is -2.37. The van der Waals surface area contributed by atoms with Gasteiger partial charge < -0.3 is 10.0 Å². The molecule has 0 aromatic rings. The van der Waals surface area contributed by atoms with Crippen LogP contribution < -0.4 is 0 Å². The molecule has 0 aliphatic carbocycles. The fourth-order valence-corrected chi connectivity index (χ4v) is 1.73. The first-order valence-corrected chi connectivity index (χ1v) is 4.71. The van der Waals surface area contributed by atoms with Crippen molar-refractivity contribution in [1.29, 1.82) is 0 Å².